The van der Waals surface area contributed by atoms with Crippen LogP contribution in [-0.4, -0.2) is 18.0 Å². The van der Waals surface area contributed by atoms with Gasteiger partial charge in [0.1, 0.15) is 10.6 Å². The molecule has 1 amide bonds. The highest BCUT2D eigenvalue weighted by atomic mass is 35.5. The first-order chi connectivity index (χ1) is 9.07. The smallest absolute Gasteiger partial charge is 0.444 e. The maximum absolute atomic E-state index is 12.9. The van der Waals surface area contributed by atoms with E-state index in [1.165, 1.54) is 12.1 Å². The summed E-state index contributed by atoms with van der Waals surface area (Å²) in [4.78, 5) is 11.6. The highest BCUT2D eigenvalue weighted by Gasteiger charge is 2.45. The minimum absolute atomic E-state index is 0.0842. The molecule has 0 spiro atoms. The fourth-order valence-corrected chi connectivity index (χ4v) is 1.73. The summed E-state index contributed by atoms with van der Waals surface area (Å²) < 4.78 is 39.4. The maximum Gasteiger partial charge on any atom is 0.586 e. The molecule has 1 aliphatic rings. The molecule has 1 aromatic rings. The average Bonchev–Trinajstić information content (AvgIpc) is 2.55. The molecule has 0 fully saturated rings. The molecule has 0 radical (unpaired) electrons. The van der Waals surface area contributed by atoms with E-state index in [2.05, 4.69) is 14.8 Å². The Morgan fingerprint density at radius 3 is 2.60 bits per heavy atom. The molecule has 0 bridgehead atoms. The average molecular weight is 308 g/mol. The number of nitrogens with one attached hydrogen (secondary N) is 1. The zero-order chi connectivity index (χ0) is 15.1. The summed E-state index contributed by atoms with van der Waals surface area (Å²) in [5.41, 5.74) is -0.610. The molecule has 8 heteroatoms. The maximum atomic E-state index is 12.9. The van der Waals surface area contributed by atoms with Crippen LogP contribution in [0, 0.1) is 0 Å². The topological polar surface area (TPSA) is 56.8 Å². The third-order valence-electron chi connectivity index (χ3n) is 2.15. The van der Waals surface area contributed by atoms with Crippen molar-refractivity contribution in [2.45, 2.75) is 32.7 Å². The molecule has 110 valence electrons. The van der Waals surface area contributed by atoms with Crippen LogP contribution < -0.4 is 14.8 Å². The molecule has 0 atom stereocenters. The molecular weight excluding hydrogens is 296 g/mol. The van der Waals surface area contributed by atoms with E-state index in [1.54, 1.807) is 20.8 Å². The second-order valence-electron chi connectivity index (χ2n) is 5.05. The summed E-state index contributed by atoms with van der Waals surface area (Å²) >= 11 is 5.89. The highest BCUT2D eigenvalue weighted by molar-refractivity contribution is 6.35. The largest absolute Gasteiger partial charge is 0.586 e. The van der Waals surface area contributed by atoms with Crippen LogP contribution in [0.25, 0.3) is 0 Å². The molecular formula is C12H12ClF2NO4. The van der Waals surface area contributed by atoms with Crippen LogP contribution in [0.2, 0.25) is 5.02 Å². The molecule has 1 aromatic carbocycles. The predicted molar refractivity (Wildman–Crippen MR) is 67.5 cm³/mol. The molecule has 1 N–H and O–H groups in total. The second-order valence-corrected chi connectivity index (χ2v) is 5.43. The zero-order valence-corrected chi connectivity index (χ0v) is 11.7. The summed E-state index contributed by atoms with van der Waals surface area (Å²) in [5, 5.41) is 2.16. The van der Waals surface area contributed by atoms with Crippen molar-refractivity contribution in [3.63, 3.8) is 0 Å². The van der Waals surface area contributed by atoms with Gasteiger partial charge in [0.05, 0.1) is 5.69 Å². The lowest BCUT2D eigenvalue weighted by Gasteiger charge is -2.20. The highest BCUT2D eigenvalue weighted by Crippen LogP contribution is 2.48. The van der Waals surface area contributed by atoms with E-state index in [-0.39, 0.29) is 22.2 Å². The normalized spacial score (nSPS) is 15.9. The first kappa shape index (κ1) is 14.6. The number of amides is 1. The molecule has 5 nitrogen and oxygen atoms in total. The van der Waals surface area contributed by atoms with Gasteiger partial charge in [0.25, 0.3) is 0 Å². The zero-order valence-electron chi connectivity index (χ0n) is 10.9. The summed E-state index contributed by atoms with van der Waals surface area (Å²) in [6.45, 7) is 5.07. The van der Waals surface area contributed by atoms with Crippen LogP contribution in [0.5, 0.6) is 11.5 Å². The fourth-order valence-electron chi connectivity index (χ4n) is 1.49. The first-order valence-corrected chi connectivity index (χ1v) is 6.03. The molecule has 1 heterocycles. The van der Waals surface area contributed by atoms with Gasteiger partial charge in [0.15, 0.2) is 11.5 Å². The summed E-state index contributed by atoms with van der Waals surface area (Å²) in [6.07, 6.45) is -4.53. The summed E-state index contributed by atoms with van der Waals surface area (Å²) in [5.74, 6) is -0.528. The van der Waals surface area contributed by atoms with Crippen molar-refractivity contribution in [2.75, 3.05) is 5.32 Å². The first-order valence-electron chi connectivity index (χ1n) is 5.66. The number of fused-ring (bicyclic) bond motifs is 1. The van der Waals surface area contributed by atoms with Gasteiger partial charge in [0, 0.05) is 0 Å². The number of benzene rings is 1. The number of carbonyl (C=O) groups is 1. The van der Waals surface area contributed by atoms with Crippen molar-refractivity contribution >= 4 is 23.4 Å². The van der Waals surface area contributed by atoms with Crippen molar-refractivity contribution in [1.82, 2.24) is 0 Å². The van der Waals surface area contributed by atoms with E-state index in [4.69, 9.17) is 16.3 Å². The fraction of sp³-hybridized carbons (Fsp3) is 0.417. The third-order valence-corrected chi connectivity index (χ3v) is 2.52. The monoisotopic (exact) mass is 307 g/mol. The van der Waals surface area contributed by atoms with Crippen molar-refractivity contribution in [1.29, 1.82) is 0 Å². The minimum Gasteiger partial charge on any atom is -0.444 e. The van der Waals surface area contributed by atoms with E-state index in [0.717, 1.165) is 0 Å². The third kappa shape index (κ3) is 3.22. The van der Waals surface area contributed by atoms with Crippen LogP contribution >= 0.6 is 11.6 Å². The van der Waals surface area contributed by atoms with Crippen molar-refractivity contribution < 1.29 is 27.8 Å². The molecule has 1 aliphatic heterocycles. The van der Waals surface area contributed by atoms with Gasteiger partial charge in [-0.3, -0.25) is 5.32 Å². The van der Waals surface area contributed by atoms with Crippen LogP contribution in [0.4, 0.5) is 19.3 Å². The molecule has 0 aromatic heterocycles. The Kier molecular flexibility index (Phi) is 3.41. The van der Waals surface area contributed by atoms with Gasteiger partial charge < -0.3 is 14.2 Å². The second kappa shape index (κ2) is 4.66. The Morgan fingerprint density at radius 2 is 2.00 bits per heavy atom. The summed E-state index contributed by atoms with van der Waals surface area (Å²) in [7, 11) is 0. The Labute approximate surface area is 118 Å². The number of ether oxygens (including phenoxy) is 3. The molecule has 20 heavy (non-hydrogen) atoms. The predicted octanol–water partition coefficient (Wildman–Crippen LogP) is 4.01. The quantitative estimate of drug-likeness (QED) is 0.851. The number of hydrogen-bond donors (Lipinski definition) is 1. The van der Waals surface area contributed by atoms with Crippen LogP contribution in [-0.2, 0) is 4.74 Å². The van der Waals surface area contributed by atoms with E-state index < -0.39 is 18.0 Å². The van der Waals surface area contributed by atoms with Crippen LogP contribution in [0.3, 0.4) is 0 Å². The lowest BCUT2D eigenvalue weighted by molar-refractivity contribution is -0.286. The van der Waals surface area contributed by atoms with Crippen molar-refractivity contribution in [3.05, 3.63) is 17.2 Å². The Balaban J connectivity index is 2.18. The number of carbonyl (C=O) groups excluding carboxylic acids is 1. The van der Waals surface area contributed by atoms with Crippen molar-refractivity contribution in [3.8, 4) is 11.5 Å². The molecule has 2 rings (SSSR count). The Bertz CT molecular complexity index is 557. The molecule has 0 aliphatic carbocycles. The van der Waals surface area contributed by atoms with Crippen LogP contribution in [0.15, 0.2) is 12.1 Å². The Hall–Kier alpha value is -1.76. The molecule has 0 saturated heterocycles. The lowest BCUT2D eigenvalue weighted by atomic mass is 10.2. The number of rotatable bonds is 1. The van der Waals surface area contributed by atoms with Gasteiger partial charge in [-0.1, -0.05) is 11.6 Å². The van der Waals surface area contributed by atoms with E-state index in [1.807, 2.05) is 0 Å². The molecule has 0 unspecified atom stereocenters. The SMILES string of the molecule is CC(C)(C)OC(=O)Nc1ccc2c(c1Cl)OC(F)(F)O2. The van der Waals surface area contributed by atoms with E-state index >= 15 is 0 Å². The van der Waals surface area contributed by atoms with Crippen molar-refractivity contribution in [2.24, 2.45) is 0 Å². The minimum atomic E-state index is -3.77. The van der Waals surface area contributed by atoms with E-state index in [0.29, 0.717) is 0 Å². The number of hydrogen-bond acceptors (Lipinski definition) is 4. The van der Waals surface area contributed by atoms with Crippen LogP contribution in [0.1, 0.15) is 20.8 Å². The van der Waals surface area contributed by atoms with Gasteiger partial charge in [0.2, 0.25) is 0 Å². The number of halogens is 3. The standard InChI is InChI=1S/C12H12ClF2NO4/c1-11(2,3)20-10(17)16-6-4-5-7-9(8(6)13)19-12(14,15)18-7/h4-5H,1-3H3,(H,16,17). The van der Waals surface area contributed by atoms with Gasteiger partial charge in [-0.25, -0.2) is 4.79 Å². The number of alkyl halides is 2. The Morgan fingerprint density at radius 1 is 1.35 bits per heavy atom. The molecule has 0 saturated carbocycles. The van der Waals surface area contributed by atoms with Gasteiger partial charge in [-0.2, -0.15) is 0 Å². The van der Waals surface area contributed by atoms with Gasteiger partial charge in [-0.15, -0.1) is 8.78 Å². The van der Waals surface area contributed by atoms with E-state index in [9.17, 15) is 13.6 Å². The van der Waals surface area contributed by atoms with Gasteiger partial charge >= 0.3 is 12.4 Å². The van der Waals surface area contributed by atoms with Gasteiger partial charge in [-0.05, 0) is 32.9 Å². The number of anilines is 1. The summed E-state index contributed by atoms with van der Waals surface area (Å²) in [6, 6.07) is 2.53. The lowest BCUT2D eigenvalue weighted by Crippen LogP contribution is -2.27.